The van der Waals surface area contributed by atoms with Crippen LogP contribution < -0.4 is 10.6 Å². The Morgan fingerprint density at radius 3 is 2.71 bits per heavy atom. The van der Waals surface area contributed by atoms with Gasteiger partial charge in [-0.15, -0.1) is 0 Å². The molecule has 0 bridgehead atoms. The number of amidine groups is 1. The molecule has 2 atom stereocenters. The third-order valence-corrected chi connectivity index (χ3v) is 3.34. The minimum Gasteiger partial charge on any atom is -0.384 e. The van der Waals surface area contributed by atoms with Crippen LogP contribution in [0.2, 0.25) is 0 Å². The number of anilines is 1. The van der Waals surface area contributed by atoms with Crippen LogP contribution in [-0.2, 0) is 0 Å². The maximum Gasteiger partial charge on any atom is 0.125 e. The maximum absolute atomic E-state index is 13.2. The molecule has 1 aromatic rings. The second kappa shape index (κ2) is 4.35. The van der Waals surface area contributed by atoms with Crippen LogP contribution in [0, 0.1) is 17.1 Å². The van der Waals surface area contributed by atoms with Gasteiger partial charge in [-0.1, -0.05) is 6.92 Å². The Balaban J connectivity index is 2.41. The summed E-state index contributed by atoms with van der Waals surface area (Å²) in [5, 5.41) is 7.54. The highest BCUT2D eigenvalue weighted by Crippen LogP contribution is 2.31. The summed E-state index contributed by atoms with van der Waals surface area (Å²) in [6.45, 7) is 5.29. The average Bonchev–Trinajstić information content (AvgIpc) is 2.57. The molecule has 0 aromatic heterocycles. The molecule has 1 fully saturated rings. The first-order chi connectivity index (χ1) is 7.99. The lowest BCUT2D eigenvalue weighted by molar-refractivity contribution is 0.624. The quantitative estimate of drug-likeness (QED) is 0.610. The molecular weight excluding hydrogens is 217 g/mol. The molecule has 0 aliphatic carbocycles. The minimum atomic E-state index is -0.348. The van der Waals surface area contributed by atoms with E-state index in [-0.39, 0.29) is 11.7 Å². The third kappa shape index (κ3) is 2.25. The van der Waals surface area contributed by atoms with Gasteiger partial charge < -0.3 is 10.6 Å². The van der Waals surface area contributed by atoms with Crippen molar-refractivity contribution in [1.82, 2.24) is 0 Å². The van der Waals surface area contributed by atoms with Crippen molar-refractivity contribution in [3.63, 3.8) is 0 Å². The van der Waals surface area contributed by atoms with E-state index in [0.717, 1.165) is 18.7 Å². The van der Waals surface area contributed by atoms with Crippen molar-refractivity contribution in [2.24, 2.45) is 11.7 Å². The Morgan fingerprint density at radius 2 is 2.18 bits per heavy atom. The van der Waals surface area contributed by atoms with E-state index in [4.69, 9.17) is 11.1 Å². The van der Waals surface area contributed by atoms with E-state index >= 15 is 0 Å². The van der Waals surface area contributed by atoms with Crippen molar-refractivity contribution in [1.29, 1.82) is 5.41 Å². The maximum atomic E-state index is 13.2. The lowest BCUT2D eigenvalue weighted by Gasteiger charge is -2.26. The molecule has 3 N–H and O–H groups in total. The lowest BCUT2D eigenvalue weighted by atomic mass is 10.1. The first kappa shape index (κ1) is 11.9. The van der Waals surface area contributed by atoms with E-state index in [1.165, 1.54) is 12.1 Å². The van der Waals surface area contributed by atoms with Gasteiger partial charge in [0.25, 0.3) is 0 Å². The number of hydrogen-bond donors (Lipinski definition) is 2. The Kier molecular flexibility index (Phi) is 3.05. The molecule has 1 aliphatic rings. The first-order valence-corrected chi connectivity index (χ1v) is 5.89. The monoisotopic (exact) mass is 235 g/mol. The largest absolute Gasteiger partial charge is 0.384 e. The number of halogens is 1. The van der Waals surface area contributed by atoms with Crippen molar-refractivity contribution >= 4 is 11.5 Å². The predicted molar refractivity (Wildman–Crippen MR) is 68.0 cm³/mol. The molecule has 2 unspecified atom stereocenters. The molecule has 0 spiro atoms. The highest BCUT2D eigenvalue weighted by Gasteiger charge is 2.28. The zero-order valence-electron chi connectivity index (χ0n) is 10.2. The zero-order chi connectivity index (χ0) is 12.6. The standard InChI is InChI=1S/C13H18FN3/c1-8-5-9(2)17(7-8)12-4-3-10(14)6-11(12)13(15)16/h3-4,6,8-9H,5,7H2,1-2H3,(H3,15,16). The number of nitrogen functional groups attached to an aromatic ring is 1. The summed E-state index contributed by atoms with van der Waals surface area (Å²) in [5.74, 6) is 0.194. The van der Waals surface area contributed by atoms with E-state index in [2.05, 4.69) is 18.7 Å². The van der Waals surface area contributed by atoms with Gasteiger partial charge in [0, 0.05) is 23.8 Å². The van der Waals surface area contributed by atoms with Crippen molar-refractivity contribution in [2.45, 2.75) is 26.3 Å². The summed E-state index contributed by atoms with van der Waals surface area (Å²) in [7, 11) is 0. The summed E-state index contributed by atoms with van der Waals surface area (Å²) >= 11 is 0. The van der Waals surface area contributed by atoms with Crippen LogP contribution in [0.25, 0.3) is 0 Å². The Bertz CT molecular complexity index is 444. The molecule has 1 heterocycles. The second-order valence-electron chi connectivity index (χ2n) is 4.92. The van der Waals surface area contributed by atoms with Crippen LogP contribution in [0.3, 0.4) is 0 Å². The average molecular weight is 235 g/mol. The summed E-state index contributed by atoms with van der Waals surface area (Å²) in [4.78, 5) is 2.21. The molecule has 1 aromatic carbocycles. The molecule has 1 aliphatic heterocycles. The topological polar surface area (TPSA) is 53.1 Å². The number of rotatable bonds is 2. The number of nitrogens with two attached hydrogens (primary N) is 1. The van der Waals surface area contributed by atoms with Gasteiger partial charge in [-0.05, 0) is 37.5 Å². The number of hydrogen-bond acceptors (Lipinski definition) is 2. The van der Waals surface area contributed by atoms with E-state index < -0.39 is 0 Å². The van der Waals surface area contributed by atoms with Crippen LogP contribution >= 0.6 is 0 Å². The Hall–Kier alpha value is -1.58. The fraction of sp³-hybridized carbons (Fsp3) is 0.462. The molecule has 4 heteroatoms. The number of nitrogens with one attached hydrogen (secondary N) is 1. The smallest absolute Gasteiger partial charge is 0.125 e. The van der Waals surface area contributed by atoms with Gasteiger partial charge in [-0.2, -0.15) is 0 Å². The molecule has 3 nitrogen and oxygen atoms in total. The van der Waals surface area contributed by atoms with Crippen molar-refractivity contribution in [3.05, 3.63) is 29.6 Å². The van der Waals surface area contributed by atoms with Gasteiger partial charge in [-0.3, -0.25) is 5.41 Å². The summed E-state index contributed by atoms with van der Waals surface area (Å²) in [6, 6.07) is 4.90. The molecule has 17 heavy (non-hydrogen) atoms. The van der Waals surface area contributed by atoms with Crippen LogP contribution in [-0.4, -0.2) is 18.4 Å². The molecule has 0 saturated carbocycles. The van der Waals surface area contributed by atoms with Gasteiger partial charge >= 0.3 is 0 Å². The Labute approximate surface area is 101 Å². The zero-order valence-corrected chi connectivity index (χ0v) is 10.2. The Morgan fingerprint density at radius 1 is 1.47 bits per heavy atom. The van der Waals surface area contributed by atoms with Gasteiger partial charge in [-0.25, -0.2) is 4.39 Å². The van der Waals surface area contributed by atoms with E-state index in [1.807, 2.05) is 0 Å². The summed E-state index contributed by atoms with van der Waals surface area (Å²) < 4.78 is 13.2. The predicted octanol–water partition coefficient (Wildman–Crippen LogP) is 2.34. The van der Waals surface area contributed by atoms with E-state index in [9.17, 15) is 4.39 Å². The molecule has 2 rings (SSSR count). The van der Waals surface area contributed by atoms with Gasteiger partial charge in [0.05, 0.1) is 0 Å². The molecule has 92 valence electrons. The second-order valence-corrected chi connectivity index (χ2v) is 4.92. The van der Waals surface area contributed by atoms with Crippen LogP contribution in [0.1, 0.15) is 25.8 Å². The van der Waals surface area contributed by atoms with Gasteiger partial charge in [0.1, 0.15) is 11.7 Å². The van der Waals surface area contributed by atoms with Crippen LogP contribution in [0.5, 0.6) is 0 Å². The van der Waals surface area contributed by atoms with Gasteiger partial charge in [0.2, 0.25) is 0 Å². The highest BCUT2D eigenvalue weighted by molar-refractivity contribution is 6.00. The molecule has 0 amide bonds. The molecule has 1 saturated heterocycles. The fourth-order valence-corrected chi connectivity index (χ4v) is 2.61. The minimum absolute atomic E-state index is 0.0775. The van der Waals surface area contributed by atoms with Crippen LogP contribution in [0.4, 0.5) is 10.1 Å². The highest BCUT2D eigenvalue weighted by atomic mass is 19.1. The van der Waals surface area contributed by atoms with Gasteiger partial charge in [0.15, 0.2) is 0 Å². The SMILES string of the molecule is CC1CC(C)N(c2ccc(F)cc2C(=N)N)C1. The number of nitrogens with zero attached hydrogens (tertiary/aromatic N) is 1. The van der Waals surface area contributed by atoms with Crippen molar-refractivity contribution < 1.29 is 4.39 Å². The summed E-state index contributed by atoms with van der Waals surface area (Å²) in [5.41, 5.74) is 6.88. The summed E-state index contributed by atoms with van der Waals surface area (Å²) in [6.07, 6.45) is 1.12. The lowest BCUT2D eigenvalue weighted by Crippen LogP contribution is -2.29. The van der Waals surface area contributed by atoms with E-state index in [0.29, 0.717) is 17.5 Å². The van der Waals surface area contributed by atoms with Crippen molar-refractivity contribution in [2.75, 3.05) is 11.4 Å². The third-order valence-electron chi connectivity index (χ3n) is 3.34. The first-order valence-electron chi connectivity index (χ1n) is 5.89. The van der Waals surface area contributed by atoms with Crippen LogP contribution in [0.15, 0.2) is 18.2 Å². The normalized spacial score (nSPS) is 24.1. The molecule has 0 radical (unpaired) electrons. The van der Waals surface area contributed by atoms with Crippen molar-refractivity contribution in [3.8, 4) is 0 Å². The molecular formula is C13H18FN3. The number of benzene rings is 1. The van der Waals surface area contributed by atoms with E-state index in [1.54, 1.807) is 6.07 Å². The fourth-order valence-electron chi connectivity index (χ4n) is 2.61.